The van der Waals surface area contributed by atoms with E-state index in [9.17, 15) is 9.59 Å². The lowest BCUT2D eigenvalue weighted by Gasteiger charge is -2.08. The standard InChI is InChI=1S/C17H19NO3/c19-16(9-4-10-17(20)21)18-12-11-14-7-3-6-13-5-1-2-8-15(13)14/h1-3,5-8H,4,9-12H2,(H,18,19)(H,20,21). The minimum atomic E-state index is -0.862. The lowest BCUT2D eigenvalue weighted by molar-refractivity contribution is -0.137. The first-order chi connectivity index (χ1) is 10.2. The first-order valence-corrected chi connectivity index (χ1v) is 7.12. The number of nitrogens with one attached hydrogen (secondary N) is 1. The molecule has 0 aromatic heterocycles. The lowest BCUT2D eigenvalue weighted by Crippen LogP contribution is -2.25. The Labute approximate surface area is 123 Å². The summed E-state index contributed by atoms with van der Waals surface area (Å²) in [6.45, 7) is 0.569. The van der Waals surface area contributed by atoms with Crippen LogP contribution in [0.2, 0.25) is 0 Å². The quantitative estimate of drug-likeness (QED) is 0.822. The van der Waals surface area contributed by atoms with Gasteiger partial charge in [0.25, 0.3) is 0 Å². The molecule has 2 rings (SSSR count). The van der Waals surface area contributed by atoms with Crippen LogP contribution >= 0.6 is 0 Å². The Kier molecular flexibility index (Phi) is 5.32. The Morgan fingerprint density at radius 3 is 2.57 bits per heavy atom. The average molecular weight is 285 g/mol. The molecule has 110 valence electrons. The summed E-state index contributed by atoms with van der Waals surface area (Å²) >= 11 is 0. The summed E-state index contributed by atoms with van der Waals surface area (Å²) in [6, 6.07) is 14.3. The molecule has 2 aromatic carbocycles. The van der Waals surface area contributed by atoms with Gasteiger partial charge in [0.2, 0.25) is 5.91 Å². The minimum Gasteiger partial charge on any atom is -0.481 e. The van der Waals surface area contributed by atoms with E-state index in [0.717, 1.165) is 6.42 Å². The summed E-state index contributed by atoms with van der Waals surface area (Å²) < 4.78 is 0. The average Bonchev–Trinajstić information content (AvgIpc) is 2.47. The number of carboxylic acids is 1. The monoisotopic (exact) mass is 285 g/mol. The van der Waals surface area contributed by atoms with Crippen molar-refractivity contribution in [1.82, 2.24) is 5.32 Å². The number of fused-ring (bicyclic) bond motifs is 1. The van der Waals surface area contributed by atoms with Crippen LogP contribution in [0.5, 0.6) is 0 Å². The molecule has 0 aliphatic rings. The van der Waals surface area contributed by atoms with Gasteiger partial charge in [0.05, 0.1) is 0 Å². The van der Waals surface area contributed by atoms with Crippen molar-refractivity contribution in [3.05, 3.63) is 48.0 Å². The van der Waals surface area contributed by atoms with Crippen LogP contribution in [0.3, 0.4) is 0 Å². The Bertz CT molecular complexity index is 631. The van der Waals surface area contributed by atoms with E-state index in [2.05, 4.69) is 29.6 Å². The van der Waals surface area contributed by atoms with E-state index in [1.165, 1.54) is 16.3 Å². The Balaban J connectivity index is 1.82. The van der Waals surface area contributed by atoms with Crippen molar-refractivity contribution in [3.8, 4) is 0 Å². The fourth-order valence-electron chi connectivity index (χ4n) is 2.34. The van der Waals surface area contributed by atoms with Gasteiger partial charge in [-0.2, -0.15) is 0 Å². The molecule has 0 bridgehead atoms. The molecule has 1 amide bonds. The third-order valence-corrected chi connectivity index (χ3v) is 3.39. The first kappa shape index (κ1) is 15.0. The second-order valence-corrected chi connectivity index (χ2v) is 4.99. The van der Waals surface area contributed by atoms with Crippen molar-refractivity contribution < 1.29 is 14.7 Å². The van der Waals surface area contributed by atoms with Crippen LogP contribution in [-0.2, 0) is 16.0 Å². The zero-order valence-corrected chi connectivity index (χ0v) is 11.8. The van der Waals surface area contributed by atoms with Crippen molar-refractivity contribution in [2.75, 3.05) is 6.54 Å². The molecule has 0 saturated heterocycles. The Morgan fingerprint density at radius 2 is 1.76 bits per heavy atom. The topological polar surface area (TPSA) is 66.4 Å². The van der Waals surface area contributed by atoms with Crippen molar-refractivity contribution in [2.24, 2.45) is 0 Å². The molecule has 0 spiro atoms. The zero-order valence-electron chi connectivity index (χ0n) is 11.8. The summed E-state index contributed by atoms with van der Waals surface area (Å²) in [5, 5.41) is 13.8. The van der Waals surface area contributed by atoms with E-state index in [4.69, 9.17) is 5.11 Å². The number of hydrogen-bond donors (Lipinski definition) is 2. The highest BCUT2D eigenvalue weighted by molar-refractivity contribution is 5.85. The number of carbonyl (C=O) groups excluding carboxylic acids is 1. The number of carboxylic acid groups (broad SMARTS) is 1. The minimum absolute atomic E-state index is 0.0384. The number of carbonyl (C=O) groups is 2. The van der Waals surface area contributed by atoms with E-state index in [-0.39, 0.29) is 18.7 Å². The van der Waals surface area contributed by atoms with Crippen molar-refractivity contribution >= 4 is 22.6 Å². The molecular formula is C17H19NO3. The van der Waals surface area contributed by atoms with Crippen LogP contribution in [0, 0.1) is 0 Å². The maximum Gasteiger partial charge on any atom is 0.303 e. The second kappa shape index (κ2) is 7.43. The summed E-state index contributed by atoms with van der Waals surface area (Å²) in [6.07, 6.45) is 1.46. The molecule has 21 heavy (non-hydrogen) atoms. The van der Waals surface area contributed by atoms with Gasteiger partial charge in [0.1, 0.15) is 0 Å². The van der Waals surface area contributed by atoms with Gasteiger partial charge in [-0.15, -0.1) is 0 Å². The number of aliphatic carboxylic acids is 1. The third kappa shape index (κ3) is 4.60. The smallest absolute Gasteiger partial charge is 0.303 e. The molecule has 4 nitrogen and oxygen atoms in total. The van der Waals surface area contributed by atoms with Crippen LogP contribution in [-0.4, -0.2) is 23.5 Å². The molecule has 0 saturated carbocycles. The molecule has 0 aliphatic carbocycles. The number of amides is 1. The summed E-state index contributed by atoms with van der Waals surface area (Å²) in [7, 11) is 0. The molecule has 0 aliphatic heterocycles. The van der Waals surface area contributed by atoms with Crippen LogP contribution in [0.1, 0.15) is 24.8 Å². The normalized spacial score (nSPS) is 10.5. The molecule has 0 heterocycles. The zero-order chi connectivity index (χ0) is 15.1. The molecule has 0 radical (unpaired) electrons. The highest BCUT2D eigenvalue weighted by Crippen LogP contribution is 2.18. The molecule has 0 unspecified atom stereocenters. The highest BCUT2D eigenvalue weighted by atomic mass is 16.4. The largest absolute Gasteiger partial charge is 0.481 e. The van der Waals surface area contributed by atoms with E-state index < -0.39 is 5.97 Å². The van der Waals surface area contributed by atoms with E-state index in [0.29, 0.717) is 13.0 Å². The van der Waals surface area contributed by atoms with Crippen LogP contribution < -0.4 is 5.32 Å². The molecular weight excluding hydrogens is 266 g/mol. The first-order valence-electron chi connectivity index (χ1n) is 7.12. The van der Waals surface area contributed by atoms with Gasteiger partial charge < -0.3 is 10.4 Å². The van der Waals surface area contributed by atoms with Gasteiger partial charge in [-0.25, -0.2) is 0 Å². The van der Waals surface area contributed by atoms with Gasteiger partial charge in [-0.3, -0.25) is 9.59 Å². The predicted octanol–water partition coefficient (Wildman–Crippen LogP) is 2.75. The van der Waals surface area contributed by atoms with E-state index in [1.54, 1.807) is 0 Å². The second-order valence-electron chi connectivity index (χ2n) is 4.99. The van der Waals surface area contributed by atoms with Crippen molar-refractivity contribution in [1.29, 1.82) is 0 Å². The molecule has 2 N–H and O–H groups in total. The predicted molar refractivity (Wildman–Crippen MR) is 82.1 cm³/mol. The molecule has 4 heteroatoms. The maximum absolute atomic E-state index is 11.6. The van der Waals surface area contributed by atoms with Gasteiger partial charge in [-0.05, 0) is 29.2 Å². The fourth-order valence-corrected chi connectivity index (χ4v) is 2.34. The summed E-state index contributed by atoms with van der Waals surface area (Å²) in [4.78, 5) is 21.9. The third-order valence-electron chi connectivity index (χ3n) is 3.39. The number of hydrogen-bond acceptors (Lipinski definition) is 2. The van der Waals surface area contributed by atoms with E-state index >= 15 is 0 Å². The van der Waals surface area contributed by atoms with Gasteiger partial charge in [-0.1, -0.05) is 42.5 Å². The Hall–Kier alpha value is -2.36. The van der Waals surface area contributed by atoms with E-state index in [1.807, 2.05) is 18.2 Å². The Morgan fingerprint density at radius 1 is 1.00 bits per heavy atom. The van der Waals surface area contributed by atoms with Crippen molar-refractivity contribution in [2.45, 2.75) is 25.7 Å². The lowest BCUT2D eigenvalue weighted by atomic mass is 10.0. The van der Waals surface area contributed by atoms with Crippen LogP contribution in [0.25, 0.3) is 10.8 Å². The number of benzene rings is 2. The highest BCUT2D eigenvalue weighted by Gasteiger charge is 2.04. The van der Waals surface area contributed by atoms with Crippen molar-refractivity contribution in [3.63, 3.8) is 0 Å². The summed E-state index contributed by atoms with van der Waals surface area (Å²) in [5.74, 6) is -0.949. The van der Waals surface area contributed by atoms with Gasteiger partial charge in [0.15, 0.2) is 0 Å². The molecule has 0 fully saturated rings. The SMILES string of the molecule is O=C(O)CCCC(=O)NCCc1cccc2ccccc12. The fraction of sp³-hybridized carbons (Fsp3) is 0.294. The van der Waals surface area contributed by atoms with Crippen LogP contribution in [0.4, 0.5) is 0 Å². The maximum atomic E-state index is 11.6. The van der Waals surface area contributed by atoms with Crippen LogP contribution in [0.15, 0.2) is 42.5 Å². The number of rotatable bonds is 7. The van der Waals surface area contributed by atoms with Gasteiger partial charge in [0, 0.05) is 19.4 Å². The van der Waals surface area contributed by atoms with Gasteiger partial charge >= 0.3 is 5.97 Å². The molecule has 0 atom stereocenters. The molecule has 2 aromatic rings. The summed E-state index contributed by atoms with van der Waals surface area (Å²) in [5.41, 5.74) is 1.21.